The average Bonchev–Trinajstić information content (AvgIpc) is 2.48. The Kier molecular flexibility index (Phi) is 7.63. The van der Waals surface area contributed by atoms with E-state index in [2.05, 4.69) is 21.2 Å². The van der Waals surface area contributed by atoms with Gasteiger partial charge in [-0.25, -0.2) is 4.39 Å². The quantitative estimate of drug-likeness (QED) is 0.869. The minimum atomic E-state index is -0.389. The van der Waals surface area contributed by atoms with E-state index in [0.29, 0.717) is 16.0 Å². The average molecular weight is 380 g/mol. The van der Waals surface area contributed by atoms with Crippen molar-refractivity contribution in [1.29, 1.82) is 0 Å². The van der Waals surface area contributed by atoms with Gasteiger partial charge in [-0.05, 0) is 72.9 Å². The summed E-state index contributed by atoms with van der Waals surface area (Å²) in [5, 5.41) is 3.16. The molecule has 1 aromatic carbocycles. The monoisotopic (exact) mass is 378 g/mol. The van der Waals surface area contributed by atoms with Crippen LogP contribution < -0.4 is 5.32 Å². The maximum absolute atomic E-state index is 13.5. The summed E-state index contributed by atoms with van der Waals surface area (Å²) in [4.78, 5) is 14.1. The third kappa shape index (κ3) is 4.94. The lowest BCUT2D eigenvalue weighted by atomic mass is 9.93. The van der Waals surface area contributed by atoms with Crippen LogP contribution in [-0.4, -0.2) is 37.5 Å². The van der Waals surface area contributed by atoms with E-state index in [9.17, 15) is 9.18 Å². The van der Waals surface area contributed by atoms with Crippen molar-refractivity contribution in [2.75, 3.05) is 26.7 Å². The topological polar surface area (TPSA) is 32.3 Å². The number of hydrogen-bond acceptors (Lipinski definition) is 2. The molecule has 2 rings (SSSR count). The second-order valence-corrected chi connectivity index (χ2v) is 6.11. The molecule has 118 valence electrons. The van der Waals surface area contributed by atoms with Crippen LogP contribution in [0, 0.1) is 11.7 Å². The van der Waals surface area contributed by atoms with Crippen molar-refractivity contribution in [3.05, 3.63) is 34.1 Å². The number of carbonyl (C=O) groups excluding carboxylic acids is 1. The first-order valence-electron chi connectivity index (χ1n) is 7.00. The normalized spacial score (nSPS) is 15.7. The first-order valence-corrected chi connectivity index (χ1v) is 7.80. The second-order valence-electron chi connectivity index (χ2n) is 5.26. The third-order valence-corrected chi connectivity index (χ3v) is 4.51. The summed E-state index contributed by atoms with van der Waals surface area (Å²) in [7, 11) is 1.96. The Morgan fingerprint density at radius 2 is 2.10 bits per heavy atom. The maximum atomic E-state index is 13.5. The minimum absolute atomic E-state index is 0. The zero-order chi connectivity index (χ0) is 14.5. The van der Waals surface area contributed by atoms with Crippen LogP contribution >= 0.6 is 28.3 Å². The minimum Gasteiger partial charge on any atom is -0.339 e. The molecule has 3 nitrogen and oxygen atoms in total. The molecule has 0 bridgehead atoms. The van der Waals surface area contributed by atoms with E-state index in [1.165, 1.54) is 6.07 Å². The predicted molar refractivity (Wildman–Crippen MR) is 88.5 cm³/mol. The molecule has 0 aliphatic carbocycles. The number of carbonyl (C=O) groups is 1. The molecule has 0 radical (unpaired) electrons. The number of benzene rings is 1. The lowest BCUT2D eigenvalue weighted by Crippen LogP contribution is -2.39. The largest absolute Gasteiger partial charge is 0.339 e. The maximum Gasteiger partial charge on any atom is 0.253 e. The molecule has 0 unspecified atom stereocenters. The van der Waals surface area contributed by atoms with Crippen LogP contribution in [0.15, 0.2) is 22.7 Å². The lowest BCUT2D eigenvalue weighted by molar-refractivity contribution is 0.0686. The Morgan fingerprint density at radius 3 is 2.67 bits per heavy atom. The van der Waals surface area contributed by atoms with Crippen molar-refractivity contribution < 1.29 is 9.18 Å². The van der Waals surface area contributed by atoms with Crippen molar-refractivity contribution in [1.82, 2.24) is 10.2 Å². The van der Waals surface area contributed by atoms with Crippen LogP contribution in [0.1, 0.15) is 29.6 Å². The molecule has 1 aromatic rings. The summed E-state index contributed by atoms with van der Waals surface area (Å²) >= 11 is 3.10. The third-order valence-electron chi connectivity index (χ3n) is 3.87. The van der Waals surface area contributed by atoms with E-state index in [1.54, 1.807) is 12.1 Å². The zero-order valence-corrected chi connectivity index (χ0v) is 14.5. The number of hydrogen-bond donors (Lipinski definition) is 1. The number of halogens is 3. The van der Waals surface area contributed by atoms with Crippen LogP contribution in [0.3, 0.4) is 0 Å². The predicted octanol–water partition coefficient (Wildman–Crippen LogP) is 3.47. The van der Waals surface area contributed by atoms with Crippen LogP contribution in [-0.2, 0) is 0 Å². The van der Waals surface area contributed by atoms with Gasteiger partial charge in [0, 0.05) is 18.7 Å². The fraction of sp³-hybridized carbons (Fsp3) is 0.533. The van der Waals surface area contributed by atoms with Gasteiger partial charge in [-0.15, -0.1) is 12.4 Å². The first kappa shape index (κ1) is 18.4. The highest BCUT2D eigenvalue weighted by molar-refractivity contribution is 9.10. The van der Waals surface area contributed by atoms with Crippen LogP contribution in [0.25, 0.3) is 0 Å². The zero-order valence-electron chi connectivity index (χ0n) is 12.1. The van der Waals surface area contributed by atoms with E-state index in [-0.39, 0.29) is 24.1 Å². The van der Waals surface area contributed by atoms with Gasteiger partial charge in [0.05, 0.1) is 4.47 Å². The second kappa shape index (κ2) is 8.71. The fourth-order valence-electron chi connectivity index (χ4n) is 2.58. The Bertz CT molecular complexity index is 479. The number of piperidine rings is 1. The molecule has 1 heterocycles. The molecule has 0 aromatic heterocycles. The van der Waals surface area contributed by atoms with Crippen molar-refractivity contribution in [3.63, 3.8) is 0 Å². The number of rotatable bonds is 4. The summed E-state index contributed by atoms with van der Waals surface area (Å²) < 4.78 is 13.9. The lowest BCUT2D eigenvalue weighted by Gasteiger charge is -2.32. The molecule has 21 heavy (non-hydrogen) atoms. The smallest absolute Gasteiger partial charge is 0.253 e. The highest BCUT2D eigenvalue weighted by Crippen LogP contribution is 2.23. The molecule has 1 saturated heterocycles. The Labute approximate surface area is 139 Å². The van der Waals surface area contributed by atoms with Gasteiger partial charge in [0.2, 0.25) is 0 Å². The molecule has 6 heteroatoms. The van der Waals surface area contributed by atoms with Gasteiger partial charge >= 0.3 is 0 Å². The number of likely N-dealkylation sites (tertiary alicyclic amines) is 1. The van der Waals surface area contributed by atoms with E-state index in [4.69, 9.17) is 0 Å². The van der Waals surface area contributed by atoms with Crippen LogP contribution in [0.4, 0.5) is 4.39 Å². The van der Waals surface area contributed by atoms with E-state index in [0.717, 1.165) is 38.9 Å². The molecule has 0 atom stereocenters. The standard InChI is InChI=1S/C15H20BrFN2O.ClH/c1-18-7-4-11-5-8-19(9-6-11)15(20)12-2-3-13(16)14(17)10-12;/h2-3,10-11,18H,4-9H2,1H3;1H. The van der Waals surface area contributed by atoms with Gasteiger partial charge in [0.15, 0.2) is 0 Å². The molecule has 1 amide bonds. The van der Waals surface area contributed by atoms with Gasteiger partial charge in [-0.3, -0.25) is 4.79 Å². The molecular weight excluding hydrogens is 359 g/mol. The highest BCUT2D eigenvalue weighted by atomic mass is 79.9. The SMILES string of the molecule is CNCCC1CCN(C(=O)c2ccc(Br)c(F)c2)CC1.Cl. The highest BCUT2D eigenvalue weighted by Gasteiger charge is 2.23. The van der Waals surface area contributed by atoms with Gasteiger partial charge in [-0.2, -0.15) is 0 Å². The molecule has 0 spiro atoms. The summed E-state index contributed by atoms with van der Waals surface area (Å²) in [5.74, 6) is 0.233. The van der Waals surface area contributed by atoms with Crippen molar-refractivity contribution in [2.24, 2.45) is 5.92 Å². The molecule has 1 fully saturated rings. The summed E-state index contributed by atoms with van der Waals surface area (Å²) in [6, 6.07) is 4.56. The summed E-state index contributed by atoms with van der Waals surface area (Å²) in [6.07, 6.45) is 3.23. The first-order chi connectivity index (χ1) is 9.61. The number of nitrogens with zero attached hydrogens (tertiary/aromatic N) is 1. The van der Waals surface area contributed by atoms with Crippen LogP contribution in [0.5, 0.6) is 0 Å². The van der Waals surface area contributed by atoms with Gasteiger partial charge in [0.25, 0.3) is 5.91 Å². The van der Waals surface area contributed by atoms with Crippen molar-refractivity contribution in [3.8, 4) is 0 Å². The molecule has 1 aliphatic heterocycles. The summed E-state index contributed by atoms with van der Waals surface area (Å²) in [6.45, 7) is 2.56. The summed E-state index contributed by atoms with van der Waals surface area (Å²) in [5.41, 5.74) is 0.430. The van der Waals surface area contributed by atoms with Crippen LogP contribution in [0.2, 0.25) is 0 Å². The Balaban J connectivity index is 0.00000220. The van der Waals surface area contributed by atoms with E-state index >= 15 is 0 Å². The number of amides is 1. The van der Waals surface area contributed by atoms with Gasteiger partial charge in [-0.1, -0.05) is 0 Å². The van der Waals surface area contributed by atoms with E-state index in [1.807, 2.05) is 11.9 Å². The van der Waals surface area contributed by atoms with Crippen molar-refractivity contribution in [2.45, 2.75) is 19.3 Å². The Morgan fingerprint density at radius 1 is 1.43 bits per heavy atom. The van der Waals surface area contributed by atoms with E-state index < -0.39 is 0 Å². The molecular formula is C15H21BrClFN2O. The number of nitrogens with one attached hydrogen (secondary N) is 1. The molecule has 1 N–H and O–H groups in total. The van der Waals surface area contributed by atoms with Gasteiger partial charge in [0.1, 0.15) is 5.82 Å². The fourth-order valence-corrected chi connectivity index (χ4v) is 2.83. The molecule has 0 saturated carbocycles. The Hall–Kier alpha value is -0.650. The molecule has 1 aliphatic rings. The van der Waals surface area contributed by atoms with Gasteiger partial charge < -0.3 is 10.2 Å². The van der Waals surface area contributed by atoms with Crippen molar-refractivity contribution >= 4 is 34.2 Å².